The third-order valence-corrected chi connectivity index (χ3v) is 12.2. The van der Waals surface area contributed by atoms with Crippen molar-refractivity contribution in [2.75, 3.05) is 35.9 Å². The van der Waals surface area contributed by atoms with Crippen molar-refractivity contribution >= 4 is 49.2 Å². The number of aryl methyl sites for hydroxylation is 1. The van der Waals surface area contributed by atoms with Crippen molar-refractivity contribution in [1.29, 1.82) is 0 Å². The Labute approximate surface area is 237 Å². The highest BCUT2D eigenvalue weighted by molar-refractivity contribution is 8.08. The zero-order valence-electron chi connectivity index (χ0n) is 22.5. The van der Waals surface area contributed by atoms with Crippen LogP contribution in [0, 0.1) is 0 Å². The molecule has 1 aromatic carbocycles. The summed E-state index contributed by atoms with van der Waals surface area (Å²) in [6, 6.07) is 10.0. The minimum atomic E-state index is -3.71. The van der Waals surface area contributed by atoms with Crippen LogP contribution in [0.15, 0.2) is 48.3 Å². The Morgan fingerprint density at radius 1 is 1.00 bits per heavy atom. The summed E-state index contributed by atoms with van der Waals surface area (Å²) >= 11 is 6.29. The van der Waals surface area contributed by atoms with Gasteiger partial charge in [-0.05, 0) is 74.3 Å². The van der Waals surface area contributed by atoms with Crippen LogP contribution in [0.4, 0.5) is 5.82 Å². The predicted octanol–water partition coefficient (Wildman–Crippen LogP) is 3.36. The number of nitrogens with one attached hydrogen (secondary N) is 1. The highest BCUT2D eigenvalue weighted by Crippen LogP contribution is 2.22. The second-order valence-corrected chi connectivity index (χ2v) is 15.6. The van der Waals surface area contributed by atoms with E-state index in [-0.39, 0.29) is 0 Å². The van der Waals surface area contributed by atoms with Gasteiger partial charge in [-0.1, -0.05) is 48.0 Å². The smallest absolute Gasteiger partial charge is 0.167 e. The molecule has 10 heteroatoms. The van der Waals surface area contributed by atoms with Crippen molar-refractivity contribution in [3.05, 3.63) is 69.3 Å². The van der Waals surface area contributed by atoms with Crippen molar-refractivity contribution in [3.63, 3.8) is 0 Å². The lowest BCUT2D eigenvalue weighted by Crippen LogP contribution is -2.37. The Bertz CT molecular complexity index is 1520. The number of aromatic nitrogens is 1. The van der Waals surface area contributed by atoms with Crippen LogP contribution in [0.25, 0.3) is 12.2 Å². The lowest BCUT2D eigenvalue weighted by Gasteiger charge is -2.22. The van der Waals surface area contributed by atoms with Gasteiger partial charge in [-0.15, -0.1) is 0 Å². The molecular weight excluding hydrogens is 554 g/mol. The topological polar surface area (TPSA) is 96.4 Å². The molecule has 0 amide bonds. The molecule has 1 unspecified atom stereocenters. The Morgan fingerprint density at radius 3 is 2.59 bits per heavy atom. The molecule has 1 fully saturated rings. The summed E-state index contributed by atoms with van der Waals surface area (Å²) in [6.07, 6.45) is 15.8. The molecule has 0 aliphatic carbocycles. The summed E-state index contributed by atoms with van der Waals surface area (Å²) in [5.41, 5.74) is 2.43. The number of pyridine rings is 1. The maximum absolute atomic E-state index is 12.7. The zero-order chi connectivity index (χ0) is 27.9. The van der Waals surface area contributed by atoms with Gasteiger partial charge in [0.1, 0.15) is 5.82 Å². The van der Waals surface area contributed by atoms with E-state index in [0.29, 0.717) is 38.9 Å². The summed E-state index contributed by atoms with van der Waals surface area (Å²) < 4.78 is 48.8. The van der Waals surface area contributed by atoms with Crippen molar-refractivity contribution in [1.82, 2.24) is 10.3 Å². The van der Waals surface area contributed by atoms with E-state index in [4.69, 9.17) is 16.6 Å². The SMILES string of the molecule is CS(=O)(=O)CS(=O)(=O)C1CCCN(c2ncc/c3c2=CC/C=C(/CCCCc2ccccc2Cl)NC\C=3)CC1. The van der Waals surface area contributed by atoms with Crippen LogP contribution in [0.5, 0.6) is 0 Å². The molecule has 0 bridgehead atoms. The maximum Gasteiger partial charge on any atom is 0.167 e. The van der Waals surface area contributed by atoms with Crippen molar-refractivity contribution in [2.45, 2.75) is 56.6 Å². The average Bonchev–Trinajstić information content (AvgIpc) is 3.07. The van der Waals surface area contributed by atoms with Crippen molar-refractivity contribution in [3.8, 4) is 0 Å². The summed E-state index contributed by atoms with van der Waals surface area (Å²) in [6.45, 7) is 1.93. The number of benzene rings is 1. The molecule has 2 aromatic rings. The molecule has 0 radical (unpaired) electrons. The van der Waals surface area contributed by atoms with E-state index >= 15 is 0 Å². The Kier molecular flexibility index (Phi) is 10.1. The molecule has 39 heavy (non-hydrogen) atoms. The molecule has 1 atom stereocenters. The third kappa shape index (κ3) is 8.56. The van der Waals surface area contributed by atoms with Gasteiger partial charge in [0, 0.05) is 48.0 Å². The van der Waals surface area contributed by atoms with Crippen LogP contribution in [0.2, 0.25) is 5.02 Å². The van der Waals surface area contributed by atoms with E-state index in [9.17, 15) is 16.8 Å². The maximum atomic E-state index is 12.7. The minimum absolute atomic E-state index is 0.396. The fourth-order valence-corrected chi connectivity index (χ4v) is 9.73. The Morgan fingerprint density at radius 2 is 1.79 bits per heavy atom. The molecule has 2 aliphatic rings. The highest BCUT2D eigenvalue weighted by Gasteiger charge is 2.31. The summed E-state index contributed by atoms with van der Waals surface area (Å²) in [7, 11) is -7.31. The Balaban J connectivity index is 1.43. The van der Waals surface area contributed by atoms with Crippen molar-refractivity contribution < 1.29 is 16.8 Å². The van der Waals surface area contributed by atoms with Crippen LogP contribution >= 0.6 is 11.6 Å². The van der Waals surface area contributed by atoms with Crippen LogP contribution < -0.4 is 20.7 Å². The Hall–Kier alpha value is -2.36. The standard InChI is InChI=1S/C29H38ClN3O4S2/c1-38(34,35)22-39(36,37)26-12-7-20-33(21-17-26)29-27-13-6-11-25(31-18-15-23(27)16-19-32-29)10-4-2-8-24-9-3-5-14-28(24)30/h3,5,9,11,13-16,19,26,31H,2,4,6-8,10,12,17-18,20-22H2,1H3/b23-15-,25-11-,27-13?. The summed E-state index contributed by atoms with van der Waals surface area (Å²) in [5, 5.41) is 5.14. The van der Waals surface area contributed by atoms with Gasteiger partial charge in [0.05, 0.1) is 5.25 Å². The number of rotatable bonds is 9. The van der Waals surface area contributed by atoms with Gasteiger partial charge in [0.2, 0.25) is 0 Å². The first kappa shape index (κ1) is 29.6. The minimum Gasteiger partial charge on any atom is -0.385 e. The first-order valence-electron chi connectivity index (χ1n) is 13.6. The predicted molar refractivity (Wildman–Crippen MR) is 161 cm³/mol. The number of sulfone groups is 2. The lowest BCUT2D eigenvalue weighted by molar-refractivity contribution is 0.568. The third-order valence-electron chi connectivity index (χ3n) is 7.30. The summed E-state index contributed by atoms with van der Waals surface area (Å²) in [4.78, 5) is 6.86. The van der Waals surface area contributed by atoms with Crippen LogP contribution in [0.3, 0.4) is 0 Å². The molecule has 212 valence electrons. The molecule has 7 nitrogen and oxygen atoms in total. The quantitative estimate of drug-likeness (QED) is 0.447. The first-order valence-corrected chi connectivity index (χ1v) is 17.7. The molecule has 1 saturated heterocycles. The van der Waals surface area contributed by atoms with E-state index in [1.165, 1.54) is 11.3 Å². The van der Waals surface area contributed by atoms with E-state index in [2.05, 4.69) is 34.5 Å². The van der Waals surface area contributed by atoms with Gasteiger partial charge in [-0.25, -0.2) is 21.8 Å². The van der Waals surface area contributed by atoms with Gasteiger partial charge >= 0.3 is 0 Å². The molecule has 1 N–H and O–H groups in total. The monoisotopic (exact) mass is 591 g/mol. The second kappa shape index (κ2) is 13.3. The number of fused-ring (bicyclic) bond motifs is 1. The number of hydrogen-bond acceptors (Lipinski definition) is 7. The molecular formula is C29H38ClN3O4S2. The van der Waals surface area contributed by atoms with E-state index < -0.39 is 30.0 Å². The van der Waals surface area contributed by atoms with Gasteiger partial charge in [0.15, 0.2) is 24.8 Å². The molecule has 1 aromatic heterocycles. The first-order chi connectivity index (χ1) is 18.6. The molecule has 0 saturated carbocycles. The van der Waals surface area contributed by atoms with Crippen LogP contribution in [0.1, 0.15) is 50.5 Å². The number of nitrogens with zero attached hydrogens (tertiary/aromatic N) is 2. The van der Waals surface area contributed by atoms with Crippen molar-refractivity contribution in [2.24, 2.45) is 0 Å². The fourth-order valence-electron chi connectivity index (χ4n) is 5.35. The number of halogens is 1. The largest absolute Gasteiger partial charge is 0.385 e. The molecule has 2 aliphatic heterocycles. The number of hydrogen-bond donors (Lipinski definition) is 1. The van der Waals surface area contributed by atoms with E-state index in [1.807, 2.05) is 30.5 Å². The lowest BCUT2D eigenvalue weighted by atomic mass is 10.1. The van der Waals surface area contributed by atoms with E-state index in [1.54, 1.807) is 0 Å². The number of anilines is 1. The van der Waals surface area contributed by atoms with Crippen LogP contribution in [-0.2, 0) is 26.1 Å². The molecule has 3 heterocycles. The van der Waals surface area contributed by atoms with Gasteiger partial charge in [0.25, 0.3) is 0 Å². The van der Waals surface area contributed by atoms with Crippen LogP contribution in [-0.4, -0.2) is 58.0 Å². The normalized spacial score (nSPS) is 20.9. The zero-order valence-corrected chi connectivity index (χ0v) is 24.9. The highest BCUT2D eigenvalue weighted by atomic mass is 35.5. The second-order valence-electron chi connectivity index (χ2n) is 10.4. The number of allylic oxidation sites excluding steroid dienone is 2. The van der Waals surface area contributed by atoms with E-state index in [0.717, 1.165) is 59.6 Å². The average molecular weight is 592 g/mol. The number of unbranched alkanes of at least 4 members (excludes halogenated alkanes) is 1. The summed E-state index contributed by atoms with van der Waals surface area (Å²) in [5.74, 6) is 0.863. The fraction of sp³-hybridized carbons (Fsp3) is 0.483. The van der Waals surface area contributed by atoms with Gasteiger partial charge < -0.3 is 10.2 Å². The molecule has 4 rings (SSSR count). The van der Waals surface area contributed by atoms with Gasteiger partial charge in [-0.3, -0.25) is 0 Å². The van der Waals surface area contributed by atoms with Gasteiger partial charge in [-0.2, -0.15) is 0 Å². The molecule has 0 spiro atoms.